The lowest BCUT2D eigenvalue weighted by atomic mass is 10.1. The fraction of sp³-hybridized carbons (Fsp3) is 0.889. The van der Waals surface area contributed by atoms with Gasteiger partial charge in [0, 0.05) is 19.0 Å². The number of aldehydes is 1. The van der Waals surface area contributed by atoms with E-state index in [1.54, 1.807) is 0 Å². The highest BCUT2D eigenvalue weighted by Crippen LogP contribution is 2.05. The van der Waals surface area contributed by atoms with Crippen molar-refractivity contribution in [3.63, 3.8) is 0 Å². The number of hydrogen-bond acceptors (Lipinski definition) is 2. The topological polar surface area (TPSA) is 20.3 Å². The molecule has 0 saturated heterocycles. The van der Waals surface area contributed by atoms with E-state index in [0.717, 1.165) is 12.8 Å². The van der Waals surface area contributed by atoms with E-state index in [0.29, 0.717) is 12.5 Å². The van der Waals surface area contributed by atoms with Gasteiger partial charge in [-0.3, -0.25) is 0 Å². The zero-order valence-corrected chi connectivity index (χ0v) is 7.84. The normalized spacial score (nSPS) is 11.0. The number of nitrogens with zero attached hydrogens (tertiary/aromatic N) is 1. The van der Waals surface area contributed by atoms with Crippen LogP contribution in [0.25, 0.3) is 0 Å². The lowest BCUT2D eigenvalue weighted by Gasteiger charge is -2.24. The Morgan fingerprint density at radius 1 is 1.36 bits per heavy atom. The SMILES string of the molecule is CCC(CC)N(C)CCC=O. The van der Waals surface area contributed by atoms with Crippen LogP contribution >= 0.6 is 0 Å². The maximum absolute atomic E-state index is 10.1. The van der Waals surface area contributed by atoms with Gasteiger partial charge in [0.2, 0.25) is 0 Å². The molecular formula is C9H19NO. The predicted octanol–water partition coefficient (Wildman–Crippen LogP) is 1.70. The van der Waals surface area contributed by atoms with Crippen LogP contribution in [0.15, 0.2) is 0 Å². The van der Waals surface area contributed by atoms with Crippen molar-refractivity contribution < 1.29 is 4.79 Å². The maximum atomic E-state index is 10.1. The van der Waals surface area contributed by atoms with Gasteiger partial charge in [-0.05, 0) is 19.9 Å². The van der Waals surface area contributed by atoms with Gasteiger partial charge in [0.25, 0.3) is 0 Å². The molecular weight excluding hydrogens is 138 g/mol. The molecule has 0 aromatic carbocycles. The molecule has 0 aromatic heterocycles. The van der Waals surface area contributed by atoms with Gasteiger partial charge < -0.3 is 9.69 Å². The largest absolute Gasteiger partial charge is 0.303 e. The molecule has 0 amide bonds. The third kappa shape index (κ3) is 4.14. The molecule has 66 valence electrons. The molecule has 0 spiro atoms. The summed E-state index contributed by atoms with van der Waals surface area (Å²) in [5, 5.41) is 0. The monoisotopic (exact) mass is 157 g/mol. The van der Waals surface area contributed by atoms with Crippen LogP contribution < -0.4 is 0 Å². The Kier molecular flexibility index (Phi) is 6.13. The predicted molar refractivity (Wildman–Crippen MR) is 47.7 cm³/mol. The minimum absolute atomic E-state index is 0.648. The molecule has 11 heavy (non-hydrogen) atoms. The zero-order valence-electron chi connectivity index (χ0n) is 7.84. The van der Waals surface area contributed by atoms with Crippen molar-refractivity contribution in [1.29, 1.82) is 0 Å². The van der Waals surface area contributed by atoms with Gasteiger partial charge in [-0.15, -0.1) is 0 Å². The molecule has 0 radical (unpaired) electrons. The summed E-state index contributed by atoms with van der Waals surface area (Å²) in [7, 11) is 2.08. The smallest absolute Gasteiger partial charge is 0.121 e. The van der Waals surface area contributed by atoms with E-state index in [1.165, 1.54) is 12.8 Å². The number of rotatable bonds is 6. The van der Waals surface area contributed by atoms with Crippen molar-refractivity contribution in [3.05, 3.63) is 0 Å². The summed E-state index contributed by atoms with van der Waals surface area (Å²) in [5.41, 5.74) is 0. The molecule has 0 atom stereocenters. The number of carbonyl (C=O) groups excluding carboxylic acids is 1. The van der Waals surface area contributed by atoms with Crippen molar-refractivity contribution in [2.24, 2.45) is 0 Å². The summed E-state index contributed by atoms with van der Waals surface area (Å²) in [4.78, 5) is 12.3. The molecule has 0 bridgehead atoms. The summed E-state index contributed by atoms with van der Waals surface area (Å²) >= 11 is 0. The van der Waals surface area contributed by atoms with Crippen LogP contribution in [-0.2, 0) is 4.79 Å². The van der Waals surface area contributed by atoms with E-state index in [9.17, 15) is 4.79 Å². The minimum atomic E-state index is 0.648. The Morgan fingerprint density at radius 3 is 2.27 bits per heavy atom. The average molecular weight is 157 g/mol. The van der Waals surface area contributed by atoms with Gasteiger partial charge in [0.15, 0.2) is 0 Å². The fourth-order valence-electron chi connectivity index (χ4n) is 1.35. The lowest BCUT2D eigenvalue weighted by molar-refractivity contribution is -0.108. The first kappa shape index (κ1) is 10.6. The van der Waals surface area contributed by atoms with Crippen molar-refractivity contribution in [1.82, 2.24) is 4.90 Å². The second-order valence-corrected chi connectivity index (χ2v) is 2.91. The second kappa shape index (κ2) is 6.35. The van der Waals surface area contributed by atoms with Crippen molar-refractivity contribution >= 4 is 6.29 Å². The molecule has 0 aliphatic carbocycles. The molecule has 0 fully saturated rings. The van der Waals surface area contributed by atoms with Gasteiger partial charge >= 0.3 is 0 Å². The zero-order chi connectivity index (χ0) is 8.69. The summed E-state index contributed by atoms with van der Waals surface area (Å²) in [6, 6.07) is 0.648. The van der Waals surface area contributed by atoms with Gasteiger partial charge in [-0.1, -0.05) is 13.8 Å². The maximum Gasteiger partial charge on any atom is 0.121 e. The lowest BCUT2D eigenvalue weighted by Crippen LogP contribution is -2.31. The van der Waals surface area contributed by atoms with E-state index in [2.05, 4.69) is 25.8 Å². The molecule has 0 unspecified atom stereocenters. The van der Waals surface area contributed by atoms with Crippen LogP contribution in [-0.4, -0.2) is 30.8 Å². The van der Waals surface area contributed by atoms with E-state index >= 15 is 0 Å². The van der Waals surface area contributed by atoms with Crippen LogP contribution in [0.4, 0.5) is 0 Å². The average Bonchev–Trinajstić information content (AvgIpc) is 2.03. The molecule has 0 rings (SSSR count). The Labute approximate surface area is 69.6 Å². The summed E-state index contributed by atoms with van der Waals surface area (Å²) in [6.07, 6.45) is 3.99. The number of hydrogen-bond donors (Lipinski definition) is 0. The van der Waals surface area contributed by atoms with Crippen LogP contribution in [0.3, 0.4) is 0 Å². The van der Waals surface area contributed by atoms with E-state index in [-0.39, 0.29) is 0 Å². The highest BCUT2D eigenvalue weighted by molar-refractivity contribution is 5.49. The highest BCUT2D eigenvalue weighted by atomic mass is 16.1. The third-order valence-corrected chi connectivity index (χ3v) is 2.17. The molecule has 0 aromatic rings. The Bertz CT molecular complexity index is 99.7. The van der Waals surface area contributed by atoms with Crippen molar-refractivity contribution in [2.75, 3.05) is 13.6 Å². The molecule has 2 nitrogen and oxygen atoms in total. The quantitative estimate of drug-likeness (QED) is 0.547. The molecule has 0 aliphatic rings. The van der Waals surface area contributed by atoms with E-state index in [4.69, 9.17) is 0 Å². The minimum Gasteiger partial charge on any atom is -0.303 e. The standard InChI is InChI=1S/C9H19NO/c1-4-9(5-2)10(3)7-6-8-11/h8-9H,4-7H2,1-3H3. The Hall–Kier alpha value is -0.370. The molecule has 0 saturated carbocycles. The molecule has 0 N–H and O–H groups in total. The van der Waals surface area contributed by atoms with Gasteiger partial charge in [-0.25, -0.2) is 0 Å². The first-order chi connectivity index (χ1) is 5.26. The fourth-order valence-corrected chi connectivity index (χ4v) is 1.35. The van der Waals surface area contributed by atoms with Crippen molar-refractivity contribution in [2.45, 2.75) is 39.2 Å². The number of carbonyl (C=O) groups is 1. The summed E-state index contributed by atoms with van der Waals surface area (Å²) in [5.74, 6) is 0. The van der Waals surface area contributed by atoms with E-state index < -0.39 is 0 Å². The molecule has 0 aliphatic heterocycles. The van der Waals surface area contributed by atoms with Gasteiger partial charge in [-0.2, -0.15) is 0 Å². The van der Waals surface area contributed by atoms with Crippen LogP contribution in [0, 0.1) is 0 Å². The van der Waals surface area contributed by atoms with Gasteiger partial charge in [0.1, 0.15) is 6.29 Å². The van der Waals surface area contributed by atoms with Crippen LogP contribution in [0.2, 0.25) is 0 Å². The second-order valence-electron chi connectivity index (χ2n) is 2.91. The summed E-state index contributed by atoms with van der Waals surface area (Å²) < 4.78 is 0. The van der Waals surface area contributed by atoms with E-state index in [1.807, 2.05) is 0 Å². The first-order valence-electron chi connectivity index (χ1n) is 4.40. The van der Waals surface area contributed by atoms with Crippen molar-refractivity contribution in [3.8, 4) is 0 Å². The highest BCUT2D eigenvalue weighted by Gasteiger charge is 2.08. The molecule has 0 heterocycles. The Morgan fingerprint density at radius 2 is 1.91 bits per heavy atom. The van der Waals surface area contributed by atoms with Crippen LogP contribution in [0.5, 0.6) is 0 Å². The van der Waals surface area contributed by atoms with Gasteiger partial charge in [0.05, 0.1) is 0 Å². The summed E-state index contributed by atoms with van der Waals surface area (Å²) in [6.45, 7) is 5.27. The van der Waals surface area contributed by atoms with Crippen LogP contribution in [0.1, 0.15) is 33.1 Å². The molecule has 2 heteroatoms. The Balaban J connectivity index is 3.59. The third-order valence-electron chi connectivity index (χ3n) is 2.17. The first-order valence-corrected chi connectivity index (χ1v) is 4.40.